The second-order valence-corrected chi connectivity index (χ2v) is 4.85. The lowest BCUT2D eigenvalue weighted by Crippen LogP contribution is -2.39. The first-order chi connectivity index (χ1) is 9.19. The van der Waals surface area contributed by atoms with Gasteiger partial charge in [0, 0.05) is 6.04 Å². The molecule has 0 spiro atoms. The number of anilines is 2. The van der Waals surface area contributed by atoms with Crippen LogP contribution in [0.3, 0.4) is 0 Å². The van der Waals surface area contributed by atoms with Crippen molar-refractivity contribution in [2.45, 2.75) is 38.1 Å². The third-order valence-corrected chi connectivity index (χ3v) is 3.37. The number of nitriles is 1. The third-order valence-electron chi connectivity index (χ3n) is 3.37. The smallest absolute Gasteiger partial charge is 0.319 e. The van der Waals surface area contributed by atoms with E-state index in [1.54, 1.807) is 18.2 Å². The number of carbonyl (C=O) groups is 1. The molecule has 5 nitrogen and oxygen atoms in total. The molecule has 0 aliphatic heterocycles. The Hall–Kier alpha value is -2.22. The minimum Gasteiger partial charge on any atom is -0.397 e. The van der Waals surface area contributed by atoms with Gasteiger partial charge in [0.1, 0.15) is 0 Å². The van der Waals surface area contributed by atoms with Gasteiger partial charge in [-0.3, -0.25) is 0 Å². The average molecular weight is 258 g/mol. The van der Waals surface area contributed by atoms with Crippen LogP contribution in [-0.2, 0) is 0 Å². The Morgan fingerprint density at radius 3 is 2.68 bits per heavy atom. The van der Waals surface area contributed by atoms with Crippen LogP contribution in [0.5, 0.6) is 0 Å². The van der Waals surface area contributed by atoms with Gasteiger partial charge in [0.05, 0.1) is 23.0 Å². The zero-order valence-electron chi connectivity index (χ0n) is 10.8. The molecule has 1 saturated carbocycles. The summed E-state index contributed by atoms with van der Waals surface area (Å²) < 4.78 is 0. The lowest BCUT2D eigenvalue weighted by Gasteiger charge is -2.23. The lowest BCUT2D eigenvalue weighted by molar-refractivity contribution is 0.244. The fourth-order valence-corrected chi connectivity index (χ4v) is 2.34. The predicted molar refractivity (Wildman–Crippen MR) is 74.6 cm³/mol. The Labute approximate surface area is 112 Å². The van der Waals surface area contributed by atoms with Gasteiger partial charge in [0.15, 0.2) is 0 Å². The highest BCUT2D eigenvalue weighted by atomic mass is 16.2. The van der Waals surface area contributed by atoms with Crippen LogP contribution in [0, 0.1) is 11.3 Å². The van der Waals surface area contributed by atoms with Gasteiger partial charge < -0.3 is 16.4 Å². The van der Waals surface area contributed by atoms with E-state index in [1.165, 1.54) is 19.3 Å². The van der Waals surface area contributed by atoms with E-state index in [1.807, 2.05) is 6.07 Å². The summed E-state index contributed by atoms with van der Waals surface area (Å²) in [7, 11) is 0. The number of hydrogen-bond donors (Lipinski definition) is 3. The fraction of sp³-hybridized carbons (Fsp3) is 0.429. The van der Waals surface area contributed by atoms with Crippen molar-refractivity contribution in [1.82, 2.24) is 5.32 Å². The van der Waals surface area contributed by atoms with E-state index in [9.17, 15) is 4.79 Å². The summed E-state index contributed by atoms with van der Waals surface area (Å²) in [5, 5.41) is 14.4. The van der Waals surface area contributed by atoms with E-state index < -0.39 is 0 Å². The van der Waals surface area contributed by atoms with Crippen molar-refractivity contribution in [3.05, 3.63) is 23.8 Å². The molecule has 1 aliphatic carbocycles. The molecule has 19 heavy (non-hydrogen) atoms. The summed E-state index contributed by atoms with van der Waals surface area (Å²) in [5.41, 5.74) is 7.20. The number of nitrogen functional groups attached to an aromatic ring is 1. The highest BCUT2D eigenvalue weighted by molar-refractivity contribution is 5.92. The molecule has 1 aromatic rings. The number of nitrogens with two attached hydrogens (primary N) is 1. The van der Waals surface area contributed by atoms with Gasteiger partial charge in [-0.05, 0) is 31.0 Å². The summed E-state index contributed by atoms with van der Waals surface area (Å²) in [6, 6.07) is 6.86. The quantitative estimate of drug-likeness (QED) is 0.712. The number of urea groups is 1. The molecular weight excluding hydrogens is 240 g/mol. The molecule has 100 valence electrons. The van der Waals surface area contributed by atoms with Crippen LogP contribution in [0.1, 0.15) is 37.7 Å². The molecule has 1 fully saturated rings. The maximum Gasteiger partial charge on any atom is 0.319 e. The number of nitrogens with one attached hydrogen (secondary N) is 2. The van der Waals surface area contributed by atoms with Crippen LogP contribution < -0.4 is 16.4 Å². The number of nitrogens with zero attached hydrogens (tertiary/aromatic N) is 1. The molecule has 0 aromatic heterocycles. The molecule has 0 saturated heterocycles. The van der Waals surface area contributed by atoms with E-state index in [2.05, 4.69) is 10.6 Å². The van der Waals surface area contributed by atoms with Crippen molar-refractivity contribution < 1.29 is 4.79 Å². The van der Waals surface area contributed by atoms with Crippen molar-refractivity contribution in [2.24, 2.45) is 0 Å². The lowest BCUT2D eigenvalue weighted by atomic mass is 9.96. The predicted octanol–water partition coefficient (Wildman–Crippen LogP) is 2.59. The van der Waals surface area contributed by atoms with Crippen LogP contribution in [0.2, 0.25) is 0 Å². The van der Waals surface area contributed by atoms with Crippen LogP contribution >= 0.6 is 0 Å². The summed E-state index contributed by atoms with van der Waals surface area (Å²) in [6.45, 7) is 0. The van der Waals surface area contributed by atoms with Crippen LogP contribution in [0.15, 0.2) is 18.2 Å². The zero-order valence-corrected chi connectivity index (χ0v) is 10.8. The van der Waals surface area contributed by atoms with Gasteiger partial charge in [-0.1, -0.05) is 19.3 Å². The first kappa shape index (κ1) is 13.2. The molecule has 1 aliphatic rings. The van der Waals surface area contributed by atoms with Crippen molar-refractivity contribution in [3.8, 4) is 6.07 Å². The Balaban J connectivity index is 1.93. The molecule has 0 bridgehead atoms. The van der Waals surface area contributed by atoms with Gasteiger partial charge in [0.25, 0.3) is 0 Å². The van der Waals surface area contributed by atoms with Gasteiger partial charge in [-0.25, -0.2) is 4.79 Å². The van der Waals surface area contributed by atoms with Gasteiger partial charge >= 0.3 is 6.03 Å². The Kier molecular flexibility index (Phi) is 4.24. The number of hydrogen-bond acceptors (Lipinski definition) is 3. The standard InChI is InChI=1S/C14H18N4O/c15-9-10-6-7-13(12(16)8-10)18-14(19)17-11-4-2-1-3-5-11/h6-8,11H,1-5,16H2,(H2,17,18,19). The van der Waals surface area contributed by atoms with Gasteiger partial charge in [0.2, 0.25) is 0 Å². The Bertz CT molecular complexity index is 501. The minimum atomic E-state index is -0.233. The molecule has 5 heteroatoms. The molecule has 0 heterocycles. The fourth-order valence-electron chi connectivity index (χ4n) is 2.34. The molecule has 2 rings (SSSR count). The maximum atomic E-state index is 11.8. The molecule has 0 radical (unpaired) electrons. The Morgan fingerprint density at radius 2 is 2.05 bits per heavy atom. The van der Waals surface area contributed by atoms with Crippen LogP contribution in [0.25, 0.3) is 0 Å². The summed E-state index contributed by atoms with van der Waals surface area (Å²) in [4.78, 5) is 11.8. The largest absolute Gasteiger partial charge is 0.397 e. The number of carbonyl (C=O) groups excluding carboxylic acids is 1. The SMILES string of the molecule is N#Cc1ccc(NC(=O)NC2CCCCC2)c(N)c1. The van der Waals surface area contributed by atoms with Crippen molar-refractivity contribution in [1.29, 1.82) is 5.26 Å². The first-order valence-electron chi connectivity index (χ1n) is 6.56. The Morgan fingerprint density at radius 1 is 1.32 bits per heavy atom. The minimum absolute atomic E-state index is 0.233. The van der Waals surface area contributed by atoms with E-state index in [4.69, 9.17) is 11.0 Å². The van der Waals surface area contributed by atoms with Crippen LogP contribution in [0.4, 0.5) is 16.2 Å². The first-order valence-corrected chi connectivity index (χ1v) is 6.56. The normalized spacial score (nSPS) is 15.5. The summed E-state index contributed by atoms with van der Waals surface area (Å²) >= 11 is 0. The number of amides is 2. The highest BCUT2D eigenvalue weighted by Crippen LogP contribution is 2.20. The highest BCUT2D eigenvalue weighted by Gasteiger charge is 2.16. The molecule has 4 N–H and O–H groups in total. The molecule has 0 unspecified atom stereocenters. The summed E-state index contributed by atoms with van der Waals surface area (Å²) in [6.07, 6.45) is 5.67. The second-order valence-electron chi connectivity index (χ2n) is 4.85. The summed E-state index contributed by atoms with van der Waals surface area (Å²) in [5.74, 6) is 0. The number of benzene rings is 1. The average Bonchev–Trinajstić information content (AvgIpc) is 2.42. The third kappa shape index (κ3) is 3.62. The molecule has 0 atom stereocenters. The van der Waals surface area contributed by atoms with E-state index in [0.717, 1.165) is 12.8 Å². The van der Waals surface area contributed by atoms with Gasteiger partial charge in [-0.2, -0.15) is 5.26 Å². The second kappa shape index (κ2) is 6.10. The van der Waals surface area contributed by atoms with Crippen molar-refractivity contribution >= 4 is 17.4 Å². The van der Waals surface area contributed by atoms with Crippen molar-refractivity contribution in [3.63, 3.8) is 0 Å². The topological polar surface area (TPSA) is 90.9 Å². The van der Waals surface area contributed by atoms with E-state index >= 15 is 0 Å². The zero-order chi connectivity index (χ0) is 13.7. The van der Waals surface area contributed by atoms with E-state index in [0.29, 0.717) is 16.9 Å². The molecule has 1 aromatic carbocycles. The molecule has 2 amide bonds. The molecular formula is C14H18N4O. The monoisotopic (exact) mass is 258 g/mol. The van der Waals surface area contributed by atoms with Gasteiger partial charge in [-0.15, -0.1) is 0 Å². The van der Waals surface area contributed by atoms with Crippen molar-refractivity contribution in [2.75, 3.05) is 11.1 Å². The van der Waals surface area contributed by atoms with E-state index in [-0.39, 0.29) is 12.1 Å². The maximum absolute atomic E-state index is 11.8. The number of rotatable bonds is 2. The van der Waals surface area contributed by atoms with Crippen LogP contribution in [-0.4, -0.2) is 12.1 Å².